The van der Waals surface area contributed by atoms with E-state index in [2.05, 4.69) is 15.1 Å². The molecule has 186 valence electrons. The Kier molecular flexibility index (Phi) is 6.52. The van der Waals surface area contributed by atoms with E-state index in [9.17, 15) is 13.2 Å². The van der Waals surface area contributed by atoms with Gasteiger partial charge in [-0.3, -0.25) is 0 Å². The number of hydrogen-bond donors (Lipinski definition) is 0. The molecule has 0 bridgehead atoms. The maximum Gasteiger partial charge on any atom is 0.433 e. The van der Waals surface area contributed by atoms with Gasteiger partial charge in [0.1, 0.15) is 5.69 Å². The quantitative estimate of drug-likeness (QED) is 0.230. The minimum atomic E-state index is -4.71. The summed E-state index contributed by atoms with van der Waals surface area (Å²) in [5.74, 6) is -0.254. The number of aryl methyl sites for hydroxylation is 2. The van der Waals surface area contributed by atoms with Crippen LogP contribution in [0.25, 0.3) is 39.7 Å². The molecule has 0 N–H and O–H groups in total. The first-order valence-corrected chi connectivity index (χ1v) is 12.0. The van der Waals surface area contributed by atoms with Gasteiger partial charge < -0.3 is 0 Å². The van der Waals surface area contributed by atoms with Crippen molar-refractivity contribution < 1.29 is 13.2 Å². The Morgan fingerprint density at radius 2 is 1.24 bits per heavy atom. The molecule has 0 spiro atoms. The van der Waals surface area contributed by atoms with Crippen molar-refractivity contribution >= 4 is 23.2 Å². The summed E-state index contributed by atoms with van der Waals surface area (Å²) in [6.07, 6.45) is -4.71. The Bertz CT molecular complexity index is 1570. The summed E-state index contributed by atoms with van der Waals surface area (Å²) in [5, 5.41) is 5.36. The van der Waals surface area contributed by atoms with Crippen molar-refractivity contribution in [2.75, 3.05) is 0 Å². The van der Waals surface area contributed by atoms with Gasteiger partial charge in [0, 0.05) is 21.7 Å². The lowest BCUT2D eigenvalue weighted by atomic mass is 10.1. The molecular weight excluding hydrogens is 520 g/mol. The predicted molar refractivity (Wildman–Crippen MR) is 140 cm³/mol. The van der Waals surface area contributed by atoms with E-state index >= 15 is 0 Å². The monoisotopic (exact) mass is 538 g/mol. The molecule has 4 nitrogen and oxygen atoms in total. The molecule has 2 aromatic heterocycles. The van der Waals surface area contributed by atoms with Gasteiger partial charge in [-0.2, -0.15) is 23.0 Å². The summed E-state index contributed by atoms with van der Waals surface area (Å²) < 4.78 is 43.1. The summed E-state index contributed by atoms with van der Waals surface area (Å²) in [6, 6.07) is 22.3. The first-order valence-electron chi connectivity index (χ1n) is 11.3. The van der Waals surface area contributed by atoms with Crippen molar-refractivity contribution in [1.82, 2.24) is 19.7 Å². The third-order valence-electron chi connectivity index (χ3n) is 5.81. The SMILES string of the molecule is Cc1ccc(-c2nn(-c3nc(-c4ccc(Cl)cc4)cc(C(F)(F)F)n3)c(-c3ccc(C)cc3)c2Cl)cc1. The molecule has 3 aromatic carbocycles. The van der Waals surface area contributed by atoms with Crippen LogP contribution < -0.4 is 0 Å². The largest absolute Gasteiger partial charge is 0.433 e. The zero-order valence-electron chi connectivity index (χ0n) is 19.7. The Morgan fingerprint density at radius 3 is 1.81 bits per heavy atom. The van der Waals surface area contributed by atoms with Gasteiger partial charge in [-0.25, -0.2) is 9.97 Å². The fourth-order valence-electron chi connectivity index (χ4n) is 3.84. The van der Waals surface area contributed by atoms with Gasteiger partial charge in [-0.15, -0.1) is 0 Å². The first-order chi connectivity index (χ1) is 17.6. The van der Waals surface area contributed by atoms with Crippen LogP contribution in [0.2, 0.25) is 10.0 Å². The van der Waals surface area contributed by atoms with E-state index in [0.717, 1.165) is 17.2 Å². The van der Waals surface area contributed by atoms with Gasteiger partial charge in [0.25, 0.3) is 5.95 Å². The van der Waals surface area contributed by atoms with Crippen molar-refractivity contribution in [2.24, 2.45) is 0 Å². The van der Waals surface area contributed by atoms with Gasteiger partial charge in [0.05, 0.1) is 16.4 Å². The maximum atomic E-state index is 13.9. The van der Waals surface area contributed by atoms with Gasteiger partial charge in [-0.05, 0) is 32.0 Å². The molecule has 37 heavy (non-hydrogen) atoms. The lowest BCUT2D eigenvalue weighted by Gasteiger charge is -2.13. The average Bonchev–Trinajstić information content (AvgIpc) is 3.21. The number of nitrogens with zero attached hydrogens (tertiary/aromatic N) is 4. The van der Waals surface area contributed by atoms with Crippen LogP contribution in [0.3, 0.4) is 0 Å². The van der Waals surface area contributed by atoms with Crippen molar-refractivity contribution in [3.05, 3.63) is 106 Å². The first kappa shape index (κ1) is 25.0. The minimum Gasteiger partial charge on any atom is -0.211 e. The molecule has 0 unspecified atom stereocenters. The topological polar surface area (TPSA) is 43.6 Å². The zero-order valence-corrected chi connectivity index (χ0v) is 21.2. The van der Waals surface area contributed by atoms with Crippen molar-refractivity contribution in [3.8, 4) is 39.7 Å². The number of benzene rings is 3. The van der Waals surface area contributed by atoms with Gasteiger partial charge >= 0.3 is 6.18 Å². The third-order valence-corrected chi connectivity index (χ3v) is 6.42. The second-order valence-corrected chi connectivity index (χ2v) is 9.41. The maximum absolute atomic E-state index is 13.9. The molecule has 0 aliphatic heterocycles. The van der Waals surface area contributed by atoms with Gasteiger partial charge in [-0.1, -0.05) is 95.0 Å². The summed E-state index contributed by atoms with van der Waals surface area (Å²) in [7, 11) is 0. The molecule has 5 rings (SSSR count). The number of aromatic nitrogens is 4. The predicted octanol–water partition coefficient (Wildman–Crippen LogP) is 8.61. The van der Waals surface area contributed by atoms with Crippen LogP contribution in [-0.2, 0) is 6.18 Å². The molecule has 0 amide bonds. The highest BCUT2D eigenvalue weighted by molar-refractivity contribution is 6.35. The highest BCUT2D eigenvalue weighted by Gasteiger charge is 2.34. The molecule has 9 heteroatoms. The average molecular weight is 539 g/mol. The Balaban J connectivity index is 1.78. The second kappa shape index (κ2) is 9.65. The molecule has 0 aliphatic carbocycles. The number of alkyl halides is 3. The summed E-state index contributed by atoms with van der Waals surface area (Å²) in [4.78, 5) is 8.33. The fraction of sp³-hybridized carbons (Fsp3) is 0.107. The van der Waals surface area contributed by atoms with Crippen molar-refractivity contribution in [3.63, 3.8) is 0 Å². The molecular formula is C28H19Cl2F3N4. The van der Waals surface area contributed by atoms with E-state index in [0.29, 0.717) is 33.1 Å². The van der Waals surface area contributed by atoms with E-state index in [1.54, 1.807) is 24.3 Å². The van der Waals surface area contributed by atoms with E-state index in [1.807, 2.05) is 62.4 Å². The van der Waals surface area contributed by atoms with Crippen LogP contribution in [0.1, 0.15) is 16.8 Å². The van der Waals surface area contributed by atoms with E-state index < -0.39 is 11.9 Å². The molecule has 0 fully saturated rings. The van der Waals surface area contributed by atoms with E-state index in [-0.39, 0.29) is 16.7 Å². The van der Waals surface area contributed by atoms with Gasteiger partial charge in [0.15, 0.2) is 5.69 Å². The molecule has 2 heterocycles. The standard InChI is InChI=1S/C28H19Cl2F3N4/c1-16-3-7-19(8-4-16)25-24(30)26(20-9-5-17(2)6-10-20)37(36-25)27-34-22(15-23(35-27)28(31,32)33)18-11-13-21(29)14-12-18/h3-15H,1-2H3. The second-order valence-electron chi connectivity index (χ2n) is 8.60. The summed E-state index contributed by atoms with van der Waals surface area (Å²) >= 11 is 12.8. The highest BCUT2D eigenvalue weighted by Crippen LogP contribution is 2.39. The molecule has 0 saturated carbocycles. The number of rotatable bonds is 4. The lowest BCUT2D eigenvalue weighted by Crippen LogP contribution is -2.14. The fourth-order valence-corrected chi connectivity index (χ4v) is 4.31. The minimum absolute atomic E-state index is 0.0763. The van der Waals surface area contributed by atoms with Crippen LogP contribution in [0.15, 0.2) is 78.9 Å². The Hall–Kier alpha value is -3.68. The Labute approximate surface area is 221 Å². The molecule has 0 atom stereocenters. The van der Waals surface area contributed by atoms with Crippen molar-refractivity contribution in [1.29, 1.82) is 0 Å². The molecule has 0 radical (unpaired) electrons. The lowest BCUT2D eigenvalue weighted by molar-refractivity contribution is -0.141. The van der Waals surface area contributed by atoms with E-state index in [1.165, 1.54) is 4.68 Å². The summed E-state index contributed by atoms with van der Waals surface area (Å²) in [5.41, 5.74) is 3.67. The Morgan fingerprint density at radius 1 is 0.703 bits per heavy atom. The number of hydrogen-bond acceptors (Lipinski definition) is 3. The molecule has 0 aliphatic rings. The zero-order chi connectivity index (χ0) is 26.3. The van der Waals surface area contributed by atoms with Crippen molar-refractivity contribution in [2.45, 2.75) is 20.0 Å². The van der Waals surface area contributed by atoms with Crippen LogP contribution in [0, 0.1) is 13.8 Å². The van der Waals surface area contributed by atoms with Crippen LogP contribution in [-0.4, -0.2) is 19.7 Å². The smallest absolute Gasteiger partial charge is 0.211 e. The highest BCUT2D eigenvalue weighted by atomic mass is 35.5. The number of halogens is 5. The van der Waals surface area contributed by atoms with Crippen LogP contribution >= 0.6 is 23.2 Å². The molecule has 0 saturated heterocycles. The third kappa shape index (κ3) is 5.10. The normalized spacial score (nSPS) is 11.6. The van der Waals surface area contributed by atoms with Crippen LogP contribution in [0.5, 0.6) is 0 Å². The van der Waals surface area contributed by atoms with E-state index in [4.69, 9.17) is 23.2 Å². The molecule has 5 aromatic rings. The van der Waals surface area contributed by atoms with Crippen LogP contribution in [0.4, 0.5) is 13.2 Å². The van der Waals surface area contributed by atoms with Gasteiger partial charge in [0.2, 0.25) is 0 Å². The summed E-state index contributed by atoms with van der Waals surface area (Å²) in [6.45, 7) is 3.89.